The van der Waals surface area contributed by atoms with Crippen LogP contribution in [0.2, 0.25) is 5.02 Å². The predicted octanol–water partition coefficient (Wildman–Crippen LogP) is 2.05. The summed E-state index contributed by atoms with van der Waals surface area (Å²) in [7, 11) is 0. The Labute approximate surface area is 105 Å². The number of hydrogen-bond acceptors (Lipinski definition) is 4. The number of nitrogens with zero attached hydrogens (tertiary/aromatic N) is 2. The number of nitrogens with one attached hydrogen (secondary N) is 1. The van der Waals surface area contributed by atoms with Gasteiger partial charge < -0.3 is 10.2 Å². The lowest BCUT2D eigenvalue weighted by Crippen LogP contribution is -2.49. The van der Waals surface area contributed by atoms with Gasteiger partial charge in [0.1, 0.15) is 5.69 Å². The minimum atomic E-state index is -0.381. The first-order chi connectivity index (χ1) is 8.09. The molecule has 0 amide bonds. The van der Waals surface area contributed by atoms with Gasteiger partial charge in [-0.1, -0.05) is 17.7 Å². The third kappa shape index (κ3) is 2.50. The topological polar surface area (TPSA) is 58.4 Å². The minimum Gasteiger partial charge on any atom is -0.362 e. The van der Waals surface area contributed by atoms with Crippen LogP contribution >= 0.6 is 11.6 Å². The summed E-state index contributed by atoms with van der Waals surface area (Å²) in [6.07, 6.45) is 0. The molecule has 0 saturated carbocycles. The Balaban J connectivity index is 2.39. The molecule has 1 saturated heterocycles. The van der Waals surface area contributed by atoms with Gasteiger partial charge in [-0.25, -0.2) is 0 Å². The third-order valence-electron chi connectivity index (χ3n) is 2.85. The van der Waals surface area contributed by atoms with E-state index in [0.717, 1.165) is 19.6 Å². The fraction of sp³-hybridized carbons (Fsp3) is 0.455. The number of rotatable bonds is 2. The number of benzene rings is 1. The highest BCUT2D eigenvalue weighted by Gasteiger charge is 2.25. The van der Waals surface area contributed by atoms with Gasteiger partial charge in [0.25, 0.3) is 5.69 Å². The van der Waals surface area contributed by atoms with Gasteiger partial charge in [-0.15, -0.1) is 0 Å². The number of para-hydroxylation sites is 1. The molecule has 0 unspecified atom stereocenters. The summed E-state index contributed by atoms with van der Waals surface area (Å²) >= 11 is 6.09. The number of halogens is 1. The standard InChI is InChI=1S/C11H14ClN3O2/c1-8-7-14(6-5-13-8)11-9(12)3-2-4-10(11)15(16)17/h2-4,8,13H,5-7H2,1H3/t8-/m0/s1. The minimum absolute atomic E-state index is 0.0756. The van der Waals surface area contributed by atoms with E-state index in [1.54, 1.807) is 12.1 Å². The Hall–Kier alpha value is -1.33. The van der Waals surface area contributed by atoms with E-state index in [1.165, 1.54) is 6.07 Å². The van der Waals surface area contributed by atoms with Crippen LogP contribution in [0.15, 0.2) is 18.2 Å². The lowest BCUT2D eigenvalue weighted by atomic mass is 10.2. The Morgan fingerprint density at radius 1 is 1.59 bits per heavy atom. The second-order valence-corrected chi connectivity index (χ2v) is 4.57. The van der Waals surface area contributed by atoms with Crippen molar-refractivity contribution < 1.29 is 4.92 Å². The van der Waals surface area contributed by atoms with E-state index >= 15 is 0 Å². The molecule has 1 fully saturated rings. The summed E-state index contributed by atoms with van der Waals surface area (Å²) in [4.78, 5) is 12.6. The number of piperazine rings is 1. The molecule has 17 heavy (non-hydrogen) atoms. The van der Waals surface area contributed by atoms with Crippen molar-refractivity contribution in [1.82, 2.24) is 5.32 Å². The molecule has 1 N–H and O–H groups in total. The first kappa shape index (κ1) is 12.1. The van der Waals surface area contributed by atoms with Crippen molar-refractivity contribution in [1.29, 1.82) is 0 Å². The van der Waals surface area contributed by atoms with Gasteiger partial charge in [-0.3, -0.25) is 10.1 Å². The molecular weight excluding hydrogens is 242 g/mol. The Morgan fingerprint density at radius 3 is 3.00 bits per heavy atom. The fourth-order valence-corrected chi connectivity index (χ4v) is 2.39. The summed E-state index contributed by atoms with van der Waals surface area (Å²) in [6, 6.07) is 5.10. The van der Waals surface area contributed by atoms with Crippen molar-refractivity contribution in [2.45, 2.75) is 13.0 Å². The maximum Gasteiger partial charge on any atom is 0.294 e. The SMILES string of the molecule is C[C@H]1CN(c2c(Cl)cccc2[N+](=O)[O-])CCN1. The maximum absolute atomic E-state index is 11.0. The molecule has 0 aromatic heterocycles. The van der Waals surface area contributed by atoms with Gasteiger partial charge in [0, 0.05) is 31.7 Å². The fourth-order valence-electron chi connectivity index (χ4n) is 2.10. The van der Waals surface area contributed by atoms with Crippen molar-refractivity contribution in [3.05, 3.63) is 33.3 Å². The van der Waals surface area contributed by atoms with Crippen LogP contribution in [-0.2, 0) is 0 Å². The first-order valence-electron chi connectivity index (χ1n) is 5.51. The third-order valence-corrected chi connectivity index (χ3v) is 3.15. The van der Waals surface area contributed by atoms with E-state index in [4.69, 9.17) is 11.6 Å². The maximum atomic E-state index is 11.0. The zero-order valence-electron chi connectivity index (χ0n) is 9.52. The summed E-state index contributed by atoms with van der Waals surface area (Å²) < 4.78 is 0. The zero-order chi connectivity index (χ0) is 12.4. The van der Waals surface area contributed by atoms with Crippen LogP contribution in [0.4, 0.5) is 11.4 Å². The van der Waals surface area contributed by atoms with Crippen LogP contribution in [-0.4, -0.2) is 30.6 Å². The molecule has 1 aliphatic heterocycles. The largest absolute Gasteiger partial charge is 0.362 e. The van der Waals surface area contributed by atoms with Crippen molar-refractivity contribution in [3.63, 3.8) is 0 Å². The summed E-state index contributed by atoms with van der Waals surface area (Å²) in [5.41, 5.74) is 0.610. The average molecular weight is 256 g/mol. The predicted molar refractivity (Wildman–Crippen MR) is 67.8 cm³/mol. The van der Waals surface area contributed by atoms with E-state index in [0.29, 0.717) is 16.8 Å². The molecule has 0 bridgehead atoms. The molecule has 1 aliphatic rings. The van der Waals surface area contributed by atoms with E-state index in [-0.39, 0.29) is 10.6 Å². The van der Waals surface area contributed by atoms with Gasteiger partial charge in [0.15, 0.2) is 0 Å². The van der Waals surface area contributed by atoms with Crippen molar-refractivity contribution in [3.8, 4) is 0 Å². The summed E-state index contributed by atoms with van der Waals surface area (Å²) in [5.74, 6) is 0. The van der Waals surface area contributed by atoms with Crippen LogP contribution in [0, 0.1) is 10.1 Å². The highest BCUT2D eigenvalue weighted by molar-refractivity contribution is 6.33. The molecule has 6 heteroatoms. The van der Waals surface area contributed by atoms with E-state index in [1.807, 2.05) is 4.90 Å². The van der Waals surface area contributed by atoms with Crippen molar-refractivity contribution in [2.75, 3.05) is 24.5 Å². The van der Waals surface area contributed by atoms with Crippen LogP contribution in [0.3, 0.4) is 0 Å². The first-order valence-corrected chi connectivity index (χ1v) is 5.88. The zero-order valence-corrected chi connectivity index (χ0v) is 10.3. The summed E-state index contributed by atoms with van der Waals surface area (Å²) in [6.45, 7) is 4.32. The molecule has 1 atom stereocenters. The molecule has 0 aliphatic carbocycles. The number of hydrogen-bond donors (Lipinski definition) is 1. The van der Waals surface area contributed by atoms with Gasteiger partial charge in [-0.2, -0.15) is 0 Å². The smallest absolute Gasteiger partial charge is 0.294 e. The molecule has 1 heterocycles. The van der Waals surface area contributed by atoms with Gasteiger partial charge in [-0.05, 0) is 13.0 Å². The van der Waals surface area contributed by atoms with Gasteiger partial charge in [0.05, 0.1) is 9.95 Å². The van der Waals surface area contributed by atoms with E-state index in [9.17, 15) is 10.1 Å². The number of nitro benzene ring substituents is 1. The average Bonchev–Trinajstić information content (AvgIpc) is 2.28. The van der Waals surface area contributed by atoms with Crippen LogP contribution in [0.1, 0.15) is 6.92 Å². The van der Waals surface area contributed by atoms with E-state index in [2.05, 4.69) is 12.2 Å². The molecule has 92 valence electrons. The molecule has 0 spiro atoms. The molecular formula is C11H14ClN3O2. The van der Waals surface area contributed by atoms with E-state index < -0.39 is 0 Å². The molecule has 0 radical (unpaired) electrons. The molecule has 2 rings (SSSR count). The lowest BCUT2D eigenvalue weighted by molar-refractivity contribution is -0.384. The summed E-state index contributed by atoms with van der Waals surface area (Å²) in [5, 5.41) is 14.7. The normalized spacial score (nSPS) is 20.4. The van der Waals surface area contributed by atoms with Crippen LogP contribution < -0.4 is 10.2 Å². The van der Waals surface area contributed by atoms with Crippen LogP contribution in [0.5, 0.6) is 0 Å². The molecule has 5 nitrogen and oxygen atoms in total. The molecule has 1 aromatic carbocycles. The van der Waals surface area contributed by atoms with Crippen molar-refractivity contribution >= 4 is 23.0 Å². The quantitative estimate of drug-likeness (QED) is 0.649. The number of nitro groups is 1. The van der Waals surface area contributed by atoms with Crippen molar-refractivity contribution in [2.24, 2.45) is 0 Å². The monoisotopic (exact) mass is 255 g/mol. The lowest BCUT2D eigenvalue weighted by Gasteiger charge is -2.33. The van der Waals surface area contributed by atoms with Crippen LogP contribution in [0.25, 0.3) is 0 Å². The highest BCUT2D eigenvalue weighted by Crippen LogP contribution is 2.35. The van der Waals surface area contributed by atoms with Gasteiger partial charge in [0.2, 0.25) is 0 Å². The Morgan fingerprint density at radius 2 is 2.35 bits per heavy atom. The Bertz CT molecular complexity index is 439. The Kier molecular flexibility index (Phi) is 3.49. The second kappa shape index (κ2) is 4.89. The number of anilines is 1. The highest BCUT2D eigenvalue weighted by atomic mass is 35.5. The second-order valence-electron chi connectivity index (χ2n) is 4.17. The molecule has 1 aromatic rings. The van der Waals surface area contributed by atoms with Gasteiger partial charge >= 0.3 is 0 Å².